The van der Waals surface area contributed by atoms with Crippen molar-refractivity contribution < 1.29 is 9.53 Å². The summed E-state index contributed by atoms with van der Waals surface area (Å²) in [4.78, 5) is 9.18. The molecule has 0 atom stereocenters. The van der Waals surface area contributed by atoms with E-state index < -0.39 is 0 Å². The Kier molecular flexibility index (Phi) is 7.18. The molecule has 0 aliphatic rings. The smallest absolute Gasteiger partial charge is 0.293 e. The van der Waals surface area contributed by atoms with Crippen LogP contribution in [-0.4, -0.2) is 17.6 Å². The quantitative estimate of drug-likeness (QED) is 0.668. The summed E-state index contributed by atoms with van der Waals surface area (Å²) in [6.07, 6.45) is 3.99. The lowest BCUT2D eigenvalue weighted by molar-refractivity contribution is -0.128. The van der Waals surface area contributed by atoms with Crippen LogP contribution < -0.4 is 5.73 Å². The molecule has 0 bridgehead atoms. The molecule has 2 rings (SSSR count). The highest BCUT2D eigenvalue weighted by atomic mass is 79.9. The second kappa shape index (κ2) is 8.66. The Morgan fingerprint density at radius 1 is 1.45 bits per heavy atom. The van der Waals surface area contributed by atoms with E-state index in [-0.39, 0.29) is 0 Å². The van der Waals surface area contributed by atoms with E-state index in [0.717, 1.165) is 22.3 Å². The Morgan fingerprint density at radius 2 is 2.20 bits per heavy atom. The first kappa shape index (κ1) is 16.6. The van der Waals surface area contributed by atoms with Gasteiger partial charge in [-0.2, -0.15) is 0 Å². The third-order valence-electron chi connectivity index (χ3n) is 2.41. The predicted molar refractivity (Wildman–Crippen MR) is 84.8 cm³/mol. The molecule has 20 heavy (non-hydrogen) atoms. The largest absolute Gasteiger partial charge is 0.468 e. The number of nitrogen functional groups attached to an aromatic ring is 1. The molecule has 0 spiro atoms. The van der Waals surface area contributed by atoms with E-state index >= 15 is 0 Å². The monoisotopic (exact) mass is 358 g/mol. The standard InChI is InChI=1S/C11H10BrClN2.C3H6O2/c12-9-3-4-15(7-9)6-8-5-10(13)1-2-11(8)14;1-2-5-3-4/h1-5,7H,6,14H2;3H,2H2,1H3. The Balaban J connectivity index is 0.000000347. The van der Waals surface area contributed by atoms with Crippen molar-refractivity contribution in [2.75, 3.05) is 12.3 Å². The lowest BCUT2D eigenvalue weighted by Crippen LogP contribution is -2.00. The summed E-state index contributed by atoms with van der Waals surface area (Å²) >= 11 is 9.31. The molecule has 0 radical (unpaired) electrons. The number of hydrogen-bond acceptors (Lipinski definition) is 3. The van der Waals surface area contributed by atoms with Gasteiger partial charge in [-0.05, 0) is 52.7 Å². The number of ether oxygens (including phenoxy) is 1. The summed E-state index contributed by atoms with van der Waals surface area (Å²) < 4.78 is 7.26. The Morgan fingerprint density at radius 3 is 2.70 bits per heavy atom. The maximum absolute atomic E-state index is 9.18. The number of nitrogens with zero attached hydrogens (tertiary/aromatic N) is 1. The zero-order chi connectivity index (χ0) is 15.0. The van der Waals surface area contributed by atoms with E-state index in [1.807, 2.05) is 35.2 Å². The van der Waals surface area contributed by atoms with Gasteiger partial charge in [0.2, 0.25) is 0 Å². The van der Waals surface area contributed by atoms with Crippen LogP contribution in [0.2, 0.25) is 5.02 Å². The van der Waals surface area contributed by atoms with Gasteiger partial charge in [0.25, 0.3) is 6.47 Å². The number of hydrogen-bond donors (Lipinski definition) is 1. The van der Waals surface area contributed by atoms with Crippen LogP contribution in [0.3, 0.4) is 0 Å². The summed E-state index contributed by atoms with van der Waals surface area (Å²) in [5.41, 5.74) is 7.66. The Bertz CT molecular complexity index is 558. The number of benzene rings is 1. The van der Waals surface area contributed by atoms with Gasteiger partial charge in [0.05, 0.1) is 6.61 Å². The van der Waals surface area contributed by atoms with Gasteiger partial charge in [-0.25, -0.2) is 0 Å². The van der Waals surface area contributed by atoms with Crippen molar-refractivity contribution in [1.29, 1.82) is 0 Å². The van der Waals surface area contributed by atoms with Gasteiger partial charge in [0.1, 0.15) is 0 Å². The molecule has 0 aliphatic carbocycles. The Hall–Kier alpha value is -1.46. The highest BCUT2D eigenvalue weighted by Gasteiger charge is 2.01. The molecule has 0 unspecified atom stereocenters. The average Bonchev–Trinajstić information content (AvgIpc) is 2.81. The van der Waals surface area contributed by atoms with Crippen LogP contribution >= 0.6 is 27.5 Å². The molecule has 1 aromatic heterocycles. The maximum atomic E-state index is 9.18. The van der Waals surface area contributed by atoms with Crippen LogP contribution in [-0.2, 0) is 16.1 Å². The van der Waals surface area contributed by atoms with Crippen molar-refractivity contribution >= 4 is 39.7 Å². The topological polar surface area (TPSA) is 57.2 Å². The summed E-state index contributed by atoms with van der Waals surface area (Å²) in [7, 11) is 0. The third kappa shape index (κ3) is 5.67. The first-order chi connectivity index (χ1) is 9.56. The van der Waals surface area contributed by atoms with Gasteiger partial charge in [0, 0.05) is 34.1 Å². The molecule has 6 heteroatoms. The predicted octanol–water partition coefficient (Wildman–Crippen LogP) is 3.71. The maximum Gasteiger partial charge on any atom is 0.293 e. The average molecular weight is 360 g/mol. The van der Waals surface area contributed by atoms with Crippen LogP contribution in [0.15, 0.2) is 41.1 Å². The van der Waals surface area contributed by atoms with Crippen molar-refractivity contribution in [3.63, 3.8) is 0 Å². The van der Waals surface area contributed by atoms with Crippen molar-refractivity contribution in [2.45, 2.75) is 13.5 Å². The molecule has 4 nitrogen and oxygen atoms in total. The van der Waals surface area contributed by atoms with Gasteiger partial charge in [0.15, 0.2) is 0 Å². The fourth-order valence-electron chi connectivity index (χ4n) is 1.49. The second-order valence-electron chi connectivity index (χ2n) is 3.90. The van der Waals surface area contributed by atoms with E-state index in [0.29, 0.717) is 18.1 Å². The molecular formula is C14H16BrClN2O2. The number of rotatable bonds is 4. The summed E-state index contributed by atoms with van der Waals surface area (Å²) in [5.74, 6) is 0. The molecule has 1 heterocycles. The normalized spacial score (nSPS) is 9.55. The SMILES string of the molecule is CCOC=O.Nc1ccc(Cl)cc1Cn1ccc(Br)c1. The fraction of sp³-hybridized carbons (Fsp3) is 0.214. The molecule has 2 N–H and O–H groups in total. The molecule has 0 fully saturated rings. The molecule has 1 aromatic carbocycles. The van der Waals surface area contributed by atoms with Gasteiger partial charge in [-0.3, -0.25) is 4.79 Å². The summed E-state index contributed by atoms with van der Waals surface area (Å²) in [5, 5.41) is 0.713. The molecule has 2 aromatic rings. The van der Waals surface area contributed by atoms with Gasteiger partial charge in [-0.15, -0.1) is 0 Å². The first-order valence-electron chi connectivity index (χ1n) is 5.97. The highest BCUT2D eigenvalue weighted by Crippen LogP contribution is 2.20. The van der Waals surface area contributed by atoms with Gasteiger partial charge in [-0.1, -0.05) is 11.6 Å². The van der Waals surface area contributed by atoms with Crippen molar-refractivity contribution in [2.24, 2.45) is 0 Å². The number of halogens is 2. The molecular weight excluding hydrogens is 344 g/mol. The highest BCUT2D eigenvalue weighted by molar-refractivity contribution is 9.10. The minimum Gasteiger partial charge on any atom is -0.468 e. The van der Waals surface area contributed by atoms with E-state index in [4.69, 9.17) is 17.3 Å². The number of nitrogens with two attached hydrogens (primary N) is 1. The van der Waals surface area contributed by atoms with Crippen molar-refractivity contribution in [3.05, 3.63) is 51.7 Å². The number of carbonyl (C=O) groups is 1. The number of aromatic nitrogens is 1. The number of carbonyl (C=O) groups excluding carboxylic acids is 1. The molecule has 108 valence electrons. The van der Waals surface area contributed by atoms with E-state index in [1.54, 1.807) is 13.0 Å². The minimum absolute atomic E-state index is 0.431. The third-order valence-corrected chi connectivity index (χ3v) is 3.11. The second-order valence-corrected chi connectivity index (χ2v) is 5.25. The first-order valence-corrected chi connectivity index (χ1v) is 7.14. The van der Waals surface area contributed by atoms with E-state index in [1.165, 1.54) is 0 Å². The summed E-state index contributed by atoms with van der Waals surface area (Å²) in [6.45, 7) is 3.40. The van der Waals surface area contributed by atoms with Gasteiger partial charge >= 0.3 is 0 Å². The van der Waals surface area contributed by atoms with Crippen LogP contribution in [0.1, 0.15) is 12.5 Å². The molecule has 0 aliphatic heterocycles. The minimum atomic E-state index is 0.431. The summed E-state index contributed by atoms with van der Waals surface area (Å²) in [6, 6.07) is 7.51. The zero-order valence-electron chi connectivity index (χ0n) is 11.1. The molecule has 0 saturated carbocycles. The number of anilines is 1. The zero-order valence-corrected chi connectivity index (χ0v) is 13.4. The molecule has 0 saturated heterocycles. The van der Waals surface area contributed by atoms with Crippen LogP contribution in [0, 0.1) is 0 Å². The lowest BCUT2D eigenvalue weighted by atomic mass is 10.2. The van der Waals surface area contributed by atoms with E-state index in [9.17, 15) is 4.79 Å². The van der Waals surface area contributed by atoms with Gasteiger partial charge < -0.3 is 15.0 Å². The van der Waals surface area contributed by atoms with Crippen LogP contribution in [0.25, 0.3) is 0 Å². The van der Waals surface area contributed by atoms with Crippen molar-refractivity contribution in [1.82, 2.24) is 4.57 Å². The Labute approximate surface area is 131 Å². The van der Waals surface area contributed by atoms with Crippen LogP contribution in [0.5, 0.6) is 0 Å². The fourth-order valence-corrected chi connectivity index (χ4v) is 2.06. The van der Waals surface area contributed by atoms with Crippen molar-refractivity contribution in [3.8, 4) is 0 Å². The lowest BCUT2D eigenvalue weighted by Gasteiger charge is -2.07. The molecule has 0 amide bonds. The van der Waals surface area contributed by atoms with Crippen LogP contribution in [0.4, 0.5) is 5.69 Å². The van der Waals surface area contributed by atoms with E-state index in [2.05, 4.69) is 20.7 Å².